The number of halogens is 1. The van der Waals surface area contributed by atoms with Crippen molar-refractivity contribution in [2.45, 2.75) is 5.25 Å². The fraction of sp³-hybridized carbons (Fsp3) is 0.200. The fourth-order valence-electron chi connectivity index (χ4n) is 0.599. The smallest absolute Gasteiger partial charge is 0.213 e. The number of hydrogen-bond donors (Lipinski definition) is 0. The highest BCUT2D eigenvalue weighted by Crippen LogP contribution is 2.16. The molecule has 1 aliphatic rings. The van der Waals surface area contributed by atoms with E-state index < -0.39 is 12.3 Å². The first kappa shape index (κ1) is 7.27. The largest absolute Gasteiger partial charge is 0.217 e. The van der Waals surface area contributed by atoms with Crippen molar-refractivity contribution in [3.63, 3.8) is 0 Å². The number of rotatable bonds is 1. The first-order valence-electron chi connectivity index (χ1n) is 2.39. The van der Waals surface area contributed by atoms with Crippen LogP contribution in [-0.4, -0.2) is 13.7 Å². The van der Waals surface area contributed by atoms with Crippen LogP contribution >= 0.6 is 21.2 Å². The average Bonchev–Trinajstić information content (AvgIpc) is 2.08. The Hall–Kier alpha value is 0.160. The van der Waals surface area contributed by atoms with Gasteiger partial charge in [0.25, 0.3) is 0 Å². The molecule has 0 aromatic rings. The molecular weight excluding hydrogens is 251 g/mol. The third kappa shape index (κ3) is 1.79. The van der Waals surface area contributed by atoms with E-state index in [4.69, 9.17) is 0 Å². The van der Waals surface area contributed by atoms with E-state index in [1.54, 1.807) is 24.3 Å². The van der Waals surface area contributed by atoms with Gasteiger partial charge in [0.1, 0.15) is 5.25 Å². The molecule has 0 N–H and O–H groups in total. The van der Waals surface area contributed by atoms with E-state index in [1.165, 1.54) is 21.2 Å². The molecule has 1 aliphatic carbocycles. The Morgan fingerprint density at radius 2 is 1.67 bits per heavy atom. The Bertz CT molecular complexity index is 238. The first-order chi connectivity index (χ1) is 4.11. The maximum atomic E-state index is 10.7. The Balaban J connectivity index is 2.90. The molecule has 0 fully saturated rings. The van der Waals surface area contributed by atoms with Crippen molar-refractivity contribution in [1.82, 2.24) is 0 Å². The monoisotopic (exact) mass is 256 g/mol. The van der Waals surface area contributed by atoms with Crippen molar-refractivity contribution >= 4 is 28.2 Å². The normalized spacial score (nSPS) is 19.2. The lowest BCUT2D eigenvalue weighted by atomic mass is 10.5. The minimum atomic E-state index is -2.91. The summed E-state index contributed by atoms with van der Waals surface area (Å²) < 4.78 is 21.4. The molecule has 50 valence electrons. The van der Waals surface area contributed by atoms with Gasteiger partial charge in [-0.3, -0.25) is 0 Å². The Labute approximate surface area is 66.1 Å². The van der Waals surface area contributed by atoms with Crippen LogP contribution in [0.1, 0.15) is 0 Å². The Kier molecular flexibility index (Phi) is 1.95. The molecule has 0 saturated carbocycles. The second-order valence-electron chi connectivity index (χ2n) is 1.71. The van der Waals surface area contributed by atoms with Gasteiger partial charge in [0.15, 0.2) is 0 Å². The van der Waals surface area contributed by atoms with Gasteiger partial charge in [0.2, 0.25) is 7.01 Å². The molecule has 0 amide bonds. The van der Waals surface area contributed by atoms with Gasteiger partial charge in [-0.25, -0.2) is 8.42 Å². The number of allylic oxidation sites excluding steroid dienone is 2. The second kappa shape index (κ2) is 2.42. The van der Waals surface area contributed by atoms with Crippen LogP contribution in [0.5, 0.6) is 0 Å². The lowest BCUT2D eigenvalue weighted by Gasteiger charge is -1.96. The van der Waals surface area contributed by atoms with Gasteiger partial charge < -0.3 is 0 Å². The number of hydrogen-bond acceptors (Lipinski definition) is 2. The predicted octanol–water partition coefficient (Wildman–Crippen LogP) is 1.25. The van der Waals surface area contributed by atoms with Crippen molar-refractivity contribution in [1.29, 1.82) is 0 Å². The zero-order valence-electron chi connectivity index (χ0n) is 4.49. The van der Waals surface area contributed by atoms with Crippen molar-refractivity contribution in [3.8, 4) is 0 Å². The molecule has 2 nitrogen and oxygen atoms in total. The van der Waals surface area contributed by atoms with E-state index >= 15 is 0 Å². The average molecular weight is 256 g/mol. The summed E-state index contributed by atoms with van der Waals surface area (Å²) in [7, 11) is -2.91. The van der Waals surface area contributed by atoms with Gasteiger partial charge in [-0.05, 0) is 0 Å². The van der Waals surface area contributed by atoms with Crippen LogP contribution in [-0.2, 0) is 7.01 Å². The lowest BCUT2D eigenvalue weighted by molar-refractivity contribution is 0.611. The Morgan fingerprint density at radius 3 is 1.89 bits per heavy atom. The molecule has 0 heterocycles. The van der Waals surface area contributed by atoms with Crippen LogP contribution in [0.2, 0.25) is 0 Å². The van der Waals surface area contributed by atoms with E-state index in [0.717, 1.165) is 0 Å². The van der Waals surface area contributed by atoms with Gasteiger partial charge in [0.05, 0.1) is 21.2 Å². The third-order valence-corrected chi connectivity index (χ3v) is 3.76. The van der Waals surface area contributed by atoms with E-state index in [9.17, 15) is 8.42 Å². The molecular formula is C5H5IO2S. The summed E-state index contributed by atoms with van der Waals surface area (Å²) >= 11 is 1.45. The summed E-state index contributed by atoms with van der Waals surface area (Å²) in [6.45, 7) is 0. The van der Waals surface area contributed by atoms with Crippen LogP contribution in [0, 0.1) is 0 Å². The molecule has 0 aromatic heterocycles. The molecule has 1 rings (SSSR count). The maximum absolute atomic E-state index is 10.7. The molecule has 0 aromatic carbocycles. The van der Waals surface area contributed by atoms with E-state index in [2.05, 4.69) is 0 Å². The highest BCUT2D eigenvalue weighted by Gasteiger charge is 2.17. The lowest BCUT2D eigenvalue weighted by Crippen LogP contribution is -2.06. The van der Waals surface area contributed by atoms with Gasteiger partial charge in [-0.2, -0.15) is 0 Å². The minimum absolute atomic E-state index is 0.391. The molecule has 0 aliphatic heterocycles. The highest BCUT2D eigenvalue weighted by atomic mass is 127. The van der Waals surface area contributed by atoms with E-state index in [-0.39, 0.29) is 0 Å². The van der Waals surface area contributed by atoms with Crippen molar-refractivity contribution in [2.24, 2.45) is 0 Å². The molecule has 0 bridgehead atoms. The zero-order chi connectivity index (χ0) is 6.91. The predicted molar refractivity (Wildman–Crippen MR) is 45.0 cm³/mol. The topological polar surface area (TPSA) is 34.1 Å². The molecule has 0 unspecified atom stereocenters. The van der Waals surface area contributed by atoms with Crippen molar-refractivity contribution < 1.29 is 8.42 Å². The summed E-state index contributed by atoms with van der Waals surface area (Å²) in [4.78, 5) is 0. The Morgan fingerprint density at radius 1 is 1.22 bits per heavy atom. The maximum Gasteiger partial charge on any atom is 0.213 e. The summed E-state index contributed by atoms with van der Waals surface area (Å²) in [5, 5.41) is -0.391. The summed E-state index contributed by atoms with van der Waals surface area (Å²) in [5.74, 6) is 0. The summed E-state index contributed by atoms with van der Waals surface area (Å²) in [5.41, 5.74) is 0. The second-order valence-corrected chi connectivity index (χ2v) is 6.89. The zero-order valence-corrected chi connectivity index (χ0v) is 7.46. The molecule has 9 heavy (non-hydrogen) atoms. The van der Waals surface area contributed by atoms with Gasteiger partial charge in [-0.1, -0.05) is 24.3 Å². The summed E-state index contributed by atoms with van der Waals surface area (Å²) in [6, 6.07) is 0. The van der Waals surface area contributed by atoms with Gasteiger partial charge in [-0.15, -0.1) is 0 Å². The van der Waals surface area contributed by atoms with Crippen molar-refractivity contribution in [3.05, 3.63) is 24.3 Å². The van der Waals surface area contributed by atoms with Crippen LogP contribution in [0.3, 0.4) is 0 Å². The van der Waals surface area contributed by atoms with Gasteiger partial charge >= 0.3 is 0 Å². The minimum Gasteiger partial charge on any atom is -0.217 e. The quantitative estimate of drug-likeness (QED) is 0.522. The van der Waals surface area contributed by atoms with Gasteiger partial charge in [0, 0.05) is 0 Å². The van der Waals surface area contributed by atoms with E-state index in [1.807, 2.05) is 0 Å². The third-order valence-electron chi connectivity index (χ3n) is 1.04. The molecule has 0 atom stereocenters. The van der Waals surface area contributed by atoms with Crippen LogP contribution < -0.4 is 0 Å². The summed E-state index contributed by atoms with van der Waals surface area (Å²) in [6.07, 6.45) is 6.78. The highest BCUT2D eigenvalue weighted by molar-refractivity contribution is 14.2. The first-order valence-corrected chi connectivity index (χ1v) is 6.48. The molecule has 0 spiro atoms. The molecule has 0 radical (unpaired) electrons. The van der Waals surface area contributed by atoms with Crippen LogP contribution in [0.15, 0.2) is 24.3 Å². The standard InChI is InChI=1S/C5H5IO2S/c6-9(7,8)5-3-1-2-4-5/h1-5H. The SMILES string of the molecule is O=S(=O)(I)C1C=CC=C1. The molecule has 0 saturated heterocycles. The van der Waals surface area contributed by atoms with Crippen LogP contribution in [0.4, 0.5) is 0 Å². The fourth-order valence-corrected chi connectivity index (χ4v) is 2.17. The van der Waals surface area contributed by atoms with E-state index in [0.29, 0.717) is 0 Å². The molecule has 4 heteroatoms. The van der Waals surface area contributed by atoms with Crippen LogP contribution in [0.25, 0.3) is 0 Å². The van der Waals surface area contributed by atoms with Crippen molar-refractivity contribution in [2.75, 3.05) is 0 Å².